The first-order valence-electron chi connectivity index (χ1n) is 15.5. The molecule has 5 rings (SSSR count). The Morgan fingerprint density at radius 3 is 2.31 bits per heavy atom. The Morgan fingerprint density at radius 1 is 0.829 bits per heavy atom. The molecule has 2 saturated heterocycles. The summed E-state index contributed by atoms with van der Waals surface area (Å²) < 4.78 is 0. The first kappa shape index (κ1) is 26.0. The van der Waals surface area contributed by atoms with E-state index in [4.69, 9.17) is 0 Å². The number of nitrogens with one attached hydrogen (secondary N) is 3. The molecule has 0 bridgehead atoms. The van der Waals surface area contributed by atoms with E-state index in [1.54, 1.807) is 0 Å². The van der Waals surface area contributed by atoms with E-state index in [-0.39, 0.29) is 5.92 Å². The summed E-state index contributed by atoms with van der Waals surface area (Å²) >= 11 is 0. The summed E-state index contributed by atoms with van der Waals surface area (Å²) in [6.07, 6.45) is 16.4. The number of amides is 1. The fourth-order valence-corrected chi connectivity index (χ4v) is 8.63. The molecule has 2 heterocycles. The zero-order chi connectivity index (χ0) is 24.5. The number of carbonyl (C=O) groups excluding carboxylic acids is 1. The predicted octanol–water partition coefficient (Wildman–Crippen LogP) is 5.26. The number of hydrazine groups is 1. The van der Waals surface area contributed by atoms with E-state index in [1.807, 2.05) is 0 Å². The van der Waals surface area contributed by atoms with Crippen molar-refractivity contribution in [2.24, 2.45) is 35.5 Å². The number of carbonyl (C=O) groups is 1. The van der Waals surface area contributed by atoms with Crippen molar-refractivity contribution in [1.82, 2.24) is 21.1 Å². The summed E-state index contributed by atoms with van der Waals surface area (Å²) in [6.45, 7) is 10.7. The minimum absolute atomic E-state index is 0.232. The van der Waals surface area contributed by atoms with Crippen LogP contribution in [-0.2, 0) is 4.79 Å². The van der Waals surface area contributed by atoms with Gasteiger partial charge in [0.25, 0.3) is 0 Å². The molecule has 35 heavy (non-hydrogen) atoms. The van der Waals surface area contributed by atoms with Crippen molar-refractivity contribution in [3.63, 3.8) is 0 Å². The van der Waals surface area contributed by atoms with Crippen molar-refractivity contribution in [1.29, 1.82) is 0 Å². The molecule has 9 unspecified atom stereocenters. The van der Waals surface area contributed by atoms with Gasteiger partial charge in [0.1, 0.15) is 0 Å². The average molecular weight is 487 g/mol. The summed E-state index contributed by atoms with van der Waals surface area (Å²) in [7, 11) is 0. The molecular weight excluding hydrogens is 432 g/mol. The molecule has 3 aliphatic carbocycles. The molecule has 1 amide bonds. The second-order valence-electron chi connectivity index (χ2n) is 13.7. The van der Waals surface area contributed by atoms with Crippen LogP contribution in [0.15, 0.2) is 0 Å². The van der Waals surface area contributed by atoms with E-state index < -0.39 is 0 Å². The smallest absolute Gasteiger partial charge is 0.223 e. The van der Waals surface area contributed by atoms with Gasteiger partial charge in [-0.25, -0.2) is 5.01 Å². The summed E-state index contributed by atoms with van der Waals surface area (Å²) in [5.41, 5.74) is 3.66. The largest absolute Gasteiger partial charge is 0.353 e. The Hall–Kier alpha value is -0.650. The molecule has 0 aromatic heterocycles. The maximum absolute atomic E-state index is 13.7. The van der Waals surface area contributed by atoms with Crippen molar-refractivity contribution in [2.45, 2.75) is 141 Å². The molecule has 5 aliphatic rings. The molecule has 3 N–H and O–H groups in total. The highest BCUT2D eigenvalue weighted by Crippen LogP contribution is 2.43. The maximum Gasteiger partial charge on any atom is 0.223 e. The zero-order valence-corrected chi connectivity index (χ0v) is 23.1. The molecule has 3 saturated carbocycles. The molecule has 5 heteroatoms. The fourth-order valence-electron chi connectivity index (χ4n) is 8.63. The Balaban J connectivity index is 1.15. The standard InChI is InChI=1S/C30H54N4O/c1-19-9-12-24(15-20(19)2)29-17-27(26-7-5-6-8-28(26)32-29)30(35)31-25-13-10-23(11-14-25)18-34-22(4)16-21(3)33-34/h19-29,32-33H,5-18H2,1-4H3,(H,31,35). The van der Waals surface area contributed by atoms with E-state index in [0.717, 1.165) is 42.9 Å². The molecular formula is C30H54N4O. The lowest BCUT2D eigenvalue weighted by atomic mass is 9.65. The summed E-state index contributed by atoms with van der Waals surface area (Å²) in [4.78, 5) is 13.7. The van der Waals surface area contributed by atoms with Crippen LogP contribution in [0.1, 0.15) is 111 Å². The monoisotopic (exact) mass is 486 g/mol. The topological polar surface area (TPSA) is 56.4 Å². The molecule has 9 atom stereocenters. The first-order valence-corrected chi connectivity index (χ1v) is 15.5. The van der Waals surface area contributed by atoms with Crippen molar-refractivity contribution in [3.05, 3.63) is 0 Å². The number of fused-ring (bicyclic) bond motifs is 1. The number of nitrogens with zero attached hydrogens (tertiary/aromatic N) is 1. The minimum atomic E-state index is 0.232. The molecule has 200 valence electrons. The van der Waals surface area contributed by atoms with Gasteiger partial charge in [-0.3, -0.25) is 10.2 Å². The van der Waals surface area contributed by atoms with E-state index in [9.17, 15) is 4.79 Å². The van der Waals surface area contributed by atoms with Gasteiger partial charge < -0.3 is 10.6 Å². The van der Waals surface area contributed by atoms with Crippen LogP contribution in [0.5, 0.6) is 0 Å². The molecule has 0 aromatic carbocycles. The van der Waals surface area contributed by atoms with Crippen molar-refractivity contribution >= 4 is 5.91 Å². The van der Waals surface area contributed by atoms with Crippen LogP contribution in [0.3, 0.4) is 0 Å². The minimum Gasteiger partial charge on any atom is -0.353 e. The van der Waals surface area contributed by atoms with Gasteiger partial charge in [0.15, 0.2) is 0 Å². The second kappa shape index (κ2) is 11.4. The Kier molecular flexibility index (Phi) is 8.46. The molecule has 5 nitrogen and oxygen atoms in total. The Labute approximate surface area is 215 Å². The van der Waals surface area contributed by atoms with Crippen LogP contribution in [0.4, 0.5) is 0 Å². The van der Waals surface area contributed by atoms with Crippen LogP contribution in [0, 0.1) is 35.5 Å². The Bertz CT molecular complexity index is 706. The molecule has 0 spiro atoms. The van der Waals surface area contributed by atoms with E-state index in [0.29, 0.717) is 42.0 Å². The number of rotatable bonds is 5. The van der Waals surface area contributed by atoms with Crippen LogP contribution in [0.25, 0.3) is 0 Å². The lowest BCUT2D eigenvalue weighted by Gasteiger charge is -2.49. The molecule has 5 fully saturated rings. The highest BCUT2D eigenvalue weighted by atomic mass is 16.2. The highest BCUT2D eigenvalue weighted by molar-refractivity contribution is 5.79. The van der Waals surface area contributed by atoms with Crippen molar-refractivity contribution in [3.8, 4) is 0 Å². The third kappa shape index (κ3) is 6.09. The van der Waals surface area contributed by atoms with Gasteiger partial charge in [0, 0.05) is 42.7 Å². The summed E-state index contributed by atoms with van der Waals surface area (Å²) in [5, 5.41) is 10.2. The third-order valence-electron chi connectivity index (χ3n) is 11.1. The quantitative estimate of drug-likeness (QED) is 0.496. The van der Waals surface area contributed by atoms with Crippen LogP contribution >= 0.6 is 0 Å². The molecule has 0 aromatic rings. The van der Waals surface area contributed by atoms with E-state index >= 15 is 0 Å². The molecule has 0 radical (unpaired) electrons. The Morgan fingerprint density at radius 2 is 1.60 bits per heavy atom. The van der Waals surface area contributed by atoms with Gasteiger partial charge in [-0.15, -0.1) is 0 Å². The van der Waals surface area contributed by atoms with Gasteiger partial charge in [0.05, 0.1) is 0 Å². The van der Waals surface area contributed by atoms with E-state index in [2.05, 4.69) is 48.8 Å². The van der Waals surface area contributed by atoms with Gasteiger partial charge in [-0.2, -0.15) is 0 Å². The van der Waals surface area contributed by atoms with Gasteiger partial charge in [-0.05, 0) is 108 Å². The lowest BCUT2D eigenvalue weighted by molar-refractivity contribution is -0.131. The average Bonchev–Trinajstić information content (AvgIpc) is 3.17. The third-order valence-corrected chi connectivity index (χ3v) is 11.1. The zero-order valence-electron chi connectivity index (χ0n) is 23.1. The SMILES string of the molecule is CC1CC(C)N(CC2CCC(NC(=O)C3CC(C4CCC(C)C(C)C4)NC4CCCCC43)CC2)N1. The van der Waals surface area contributed by atoms with Crippen molar-refractivity contribution in [2.75, 3.05) is 6.54 Å². The maximum atomic E-state index is 13.7. The van der Waals surface area contributed by atoms with Crippen molar-refractivity contribution < 1.29 is 4.79 Å². The van der Waals surface area contributed by atoms with Gasteiger partial charge in [0.2, 0.25) is 5.91 Å². The fraction of sp³-hybridized carbons (Fsp3) is 0.967. The van der Waals surface area contributed by atoms with Gasteiger partial charge in [-0.1, -0.05) is 33.1 Å². The summed E-state index contributed by atoms with van der Waals surface area (Å²) in [5.74, 6) is 4.40. The molecule has 2 aliphatic heterocycles. The predicted molar refractivity (Wildman–Crippen MR) is 144 cm³/mol. The number of piperidine rings is 1. The van der Waals surface area contributed by atoms with Crippen LogP contribution in [0.2, 0.25) is 0 Å². The number of hydrogen-bond donors (Lipinski definition) is 3. The first-order chi connectivity index (χ1) is 16.9. The normalized spacial score (nSPS) is 47.3. The highest BCUT2D eigenvalue weighted by Gasteiger charge is 2.45. The van der Waals surface area contributed by atoms with Gasteiger partial charge >= 0.3 is 0 Å². The lowest BCUT2D eigenvalue weighted by Crippen LogP contribution is -2.59. The van der Waals surface area contributed by atoms with Crippen LogP contribution < -0.4 is 16.1 Å². The number of hydrogen-bond acceptors (Lipinski definition) is 4. The second-order valence-corrected chi connectivity index (χ2v) is 13.7. The van der Waals surface area contributed by atoms with E-state index in [1.165, 1.54) is 70.8 Å². The summed E-state index contributed by atoms with van der Waals surface area (Å²) in [6, 6.07) is 2.77. The van der Waals surface area contributed by atoms with Crippen LogP contribution in [-0.4, -0.2) is 47.7 Å².